The third-order valence-electron chi connectivity index (χ3n) is 16.4. The molecule has 8 heteroatoms. The summed E-state index contributed by atoms with van der Waals surface area (Å²) < 4.78 is 5.83. The van der Waals surface area contributed by atoms with Gasteiger partial charge in [-0.3, -0.25) is 29.8 Å². The maximum absolute atomic E-state index is 5.83. The highest BCUT2D eigenvalue weighted by atomic mass is 16.5. The average molecular weight is 977 g/mol. The summed E-state index contributed by atoms with van der Waals surface area (Å²) in [7, 11) is 0. The minimum atomic E-state index is 0.254. The number of rotatable bonds is 0. The van der Waals surface area contributed by atoms with E-state index >= 15 is 0 Å². The van der Waals surface area contributed by atoms with Crippen molar-refractivity contribution in [3.63, 3.8) is 0 Å². The normalized spacial score (nSPS) is 25.8. The number of nitrogens with one attached hydrogen (secondary N) is 2. The van der Waals surface area contributed by atoms with Gasteiger partial charge in [0, 0.05) is 92.3 Å². The number of nitrogens with zero attached hydrogens (tertiary/aromatic N) is 5. The number of morpholine rings is 1. The van der Waals surface area contributed by atoms with Crippen molar-refractivity contribution in [3.8, 4) is 0 Å². The number of piperazine rings is 1. The third-order valence-corrected chi connectivity index (χ3v) is 16.4. The molecule has 0 aromatic heterocycles. The van der Waals surface area contributed by atoms with Gasteiger partial charge in [-0.1, -0.05) is 104 Å². The van der Waals surface area contributed by atoms with Gasteiger partial charge in [-0.25, -0.2) is 0 Å². The van der Waals surface area contributed by atoms with Gasteiger partial charge in [0.1, 0.15) is 0 Å². The molecule has 2 N–H and O–H groups in total. The van der Waals surface area contributed by atoms with E-state index in [2.05, 4.69) is 243 Å². The van der Waals surface area contributed by atoms with E-state index in [9.17, 15) is 0 Å². The Kier molecular flexibility index (Phi) is 24.6. The van der Waals surface area contributed by atoms with Crippen LogP contribution in [0.3, 0.4) is 0 Å². The predicted molar refractivity (Wildman–Crippen MR) is 308 cm³/mol. The van der Waals surface area contributed by atoms with Crippen LogP contribution in [0.1, 0.15) is 233 Å². The molecule has 5 aliphatic rings. The SMILES string of the molecule is CC(C)(C)C1CCC(C(C)(C)C)NC1.CC(C)(C)C1CCN(C(C)(C)C)CC1.CC(C)(C)C1CN(C(C)(C)C)CCO1.CC(C)(C)C1CN(C(C)(C)C)CN1.CC(C)(C)N1CCN(C(C)(C)C)CC1. The maximum Gasteiger partial charge on any atom is 0.0750 e. The Balaban J connectivity index is 0.000000431. The van der Waals surface area contributed by atoms with Crippen LogP contribution in [0, 0.1) is 38.9 Å². The lowest BCUT2D eigenvalue weighted by Gasteiger charge is -2.46. The summed E-state index contributed by atoms with van der Waals surface area (Å²) in [6.45, 7) is 83.2. The molecule has 5 fully saturated rings. The Hall–Kier alpha value is -0.320. The van der Waals surface area contributed by atoms with Gasteiger partial charge in [-0.2, -0.15) is 0 Å². The summed E-state index contributed by atoms with van der Waals surface area (Å²) in [5.74, 6) is 1.77. The summed E-state index contributed by atoms with van der Waals surface area (Å²) in [5.41, 5.74) is 3.63. The molecular weight excluding hydrogens is 847 g/mol. The zero-order valence-corrected chi connectivity index (χ0v) is 52.8. The van der Waals surface area contributed by atoms with E-state index in [0.29, 0.717) is 62.0 Å². The molecule has 0 aliphatic carbocycles. The molecule has 69 heavy (non-hydrogen) atoms. The lowest BCUT2D eigenvalue weighted by molar-refractivity contribution is -0.100. The molecule has 5 aliphatic heterocycles. The van der Waals surface area contributed by atoms with Crippen molar-refractivity contribution < 1.29 is 4.74 Å². The van der Waals surface area contributed by atoms with Crippen LogP contribution in [0.4, 0.5) is 0 Å². The zero-order chi connectivity index (χ0) is 54.2. The fourth-order valence-electron chi connectivity index (χ4n) is 10.2. The molecule has 8 nitrogen and oxygen atoms in total. The zero-order valence-electron chi connectivity index (χ0n) is 52.8. The van der Waals surface area contributed by atoms with E-state index in [1.54, 1.807) is 0 Å². The van der Waals surface area contributed by atoms with Gasteiger partial charge < -0.3 is 10.1 Å². The van der Waals surface area contributed by atoms with Gasteiger partial charge in [0.2, 0.25) is 0 Å². The Morgan fingerprint density at radius 2 is 0.696 bits per heavy atom. The van der Waals surface area contributed by atoms with Crippen LogP contribution in [0.25, 0.3) is 0 Å². The van der Waals surface area contributed by atoms with Crippen LogP contribution < -0.4 is 10.6 Å². The van der Waals surface area contributed by atoms with Crippen molar-refractivity contribution in [2.24, 2.45) is 38.9 Å². The number of hydrogen-bond donors (Lipinski definition) is 2. The Bertz CT molecular complexity index is 1190. The number of ether oxygens (including phenoxy) is 1. The highest BCUT2D eigenvalue weighted by Crippen LogP contribution is 2.37. The molecule has 0 radical (unpaired) electrons. The molecule has 0 bridgehead atoms. The quantitative estimate of drug-likeness (QED) is 0.249. The number of likely N-dealkylation sites (tertiary alicyclic amines) is 1. The molecule has 4 atom stereocenters. The second-order valence-electron chi connectivity index (χ2n) is 32.6. The molecule has 5 saturated heterocycles. The lowest BCUT2D eigenvalue weighted by atomic mass is 9.72. The second-order valence-corrected chi connectivity index (χ2v) is 32.6. The van der Waals surface area contributed by atoms with Crippen molar-refractivity contribution >= 4 is 0 Å². The first-order valence-electron chi connectivity index (χ1n) is 28.4. The molecule has 5 rings (SSSR count). The summed E-state index contributed by atoms with van der Waals surface area (Å²) >= 11 is 0. The van der Waals surface area contributed by atoms with Crippen LogP contribution >= 0.6 is 0 Å². The lowest BCUT2D eigenvalue weighted by Crippen LogP contribution is -2.57. The van der Waals surface area contributed by atoms with Crippen molar-refractivity contribution in [2.75, 3.05) is 78.7 Å². The minimum Gasteiger partial charge on any atom is -0.375 e. The van der Waals surface area contributed by atoms with Crippen LogP contribution in [0.15, 0.2) is 0 Å². The van der Waals surface area contributed by atoms with Gasteiger partial charge in [0.15, 0.2) is 0 Å². The Morgan fingerprint density at radius 1 is 0.319 bits per heavy atom. The van der Waals surface area contributed by atoms with Crippen LogP contribution in [0.5, 0.6) is 0 Å². The Labute approximate surface area is 435 Å². The second kappa shape index (κ2) is 25.5. The van der Waals surface area contributed by atoms with Crippen molar-refractivity contribution in [1.82, 2.24) is 35.1 Å². The summed E-state index contributed by atoms with van der Waals surface area (Å²) in [6, 6.07) is 1.34. The van der Waals surface area contributed by atoms with E-state index in [1.165, 1.54) is 78.0 Å². The monoisotopic (exact) mass is 976 g/mol. The topological polar surface area (TPSA) is 49.5 Å². The van der Waals surface area contributed by atoms with Crippen molar-refractivity contribution in [1.29, 1.82) is 0 Å². The smallest absolute Gasteiger partial charge is 0.0750 e. The predicted octanol–water partition coefficient (Wildman–Crippen LogP) is 13.8. The van der Waals surface area contributed by atoms with Gasteiger partial charge in [0.25, 0.3) is 0 Å². The van der Waals surface area contributed by atoms with E-state index in [4.69, 9.17) is 4.74 Å². The molecule has 0 saturated carbocycles. The number of hydrogen-bond acceptors (Lipinski definition) is 8. The van der Waals surface area contributed by atoms with E-state index in [1.807, 2.05) is 0 Å². The average Bonchev–Trinajstić information content (AvgIpc) is 3.70. The first kappa shape index (κ1) is 66.7. The largest absolute Gasteiger partial charge is 0.375 e. The van der Waals surface area contributed by atoms with Crippen LogP contribution in [-0.4, -0.2) is 149 Å². The molecule has 414 valence electrons. The highest BCUT2D eigenvalue weighted by molar-refractivity contribution is 4.93. The molecule has 5 heterocycles. The van der Waals surface area contributed by atoms with Crippen LogP contribution in [-0.2, 0) is 4.74 Å². The summed E-state index contributed by atoms with van der Waals surface area (Å²) in [4.78, 5) is 12.8. The minimum absolute atomic E-state index is 0.254. The van der Waals surface area contributed by atoms with E-state index < -0.39 is 0 Å². The molecule has 0 aromatic rings. The summed E-state index contributed by atoms with van der Waals surface area (Å²) in [5, 5.41) is 7.29. The molecule has 0 amide bonds. The molecule has 0 aromatic carbocycles. The van der Waals surface area contributed by atoms with Gasteiger partial charge >= 0.3 is 0 Å². The Morgan fingerprint density at radius 3 is 0.971 bits per heavy atom. The highest BCUT2D eigenvalue weighted by Gasteiger charge is 2.38. The standard InChI is InChI=1S/2C13H27N.C12H26N2.C12H25NO.C11H24N2/c1-12(2,3)11-7-9-14(10-8-11)13(4,5)6;1-12(2,3)10-7-8-11(14-9-10)13(4,5)6;1-11(2,3)13-7-9-14(10-8-13)12(4,5)6;1-11(2,3)10-9-13(7-8-14-10)12(4,5)6;1-10(2,3)9-7-13(8-12-9)11(4,5)6/h11H,7-10H2,1-6H3;10-11,14H,7-9H2,1-6H3;7-10H2,1-6H3;10H,7-9H2,1-6H3;9,12H,7-8H2,1-6H3. The van der Waals surface area contributed by atoms with Gasteiger partial charge in [-0.05, 0) is 188 Å². The van der Waals surface area contributed by atoms with Gasteiger partial charge in [0.05, 0.1) is 12.7 Å². The molecule has 0 spiro atoms. The van der Waals surface area contributed by atoms with Crippen LogP contribution in [0.2, 0.25) is 0 Å². The van der Waals surface area contributed by atoms with Crippen molar-refractivity contribution in [3.05, 3.63) is 0 Å². The fraction of sp³-hybridized carbons (Fsp3) is 1.00. The molecular formula is C61H129N7O. The van der Waals surface area contributed by atoms with Gasteiger partial charge in [-0.15, -0.1) is 0 Å². The van der Waals surface area contributed by atoms with E-state index in [-0.39, 0.29) is 11.0 Å². The third kappa shape index (κ3) is 24.7. The van der Waals surface area contributed by atoms with Crippen molar-refractivity contribution in [2.45, 2.75) is 279 Å². The number of piperidine rings is 2. The van der Waals surface area contributed by atoms with E-state index in [0.717, 1.165) is 38.2 Å². The summed E-state index contributed by atoms with van der Waals surface area (Å²) in [6.07, 6.45) is 5.85. The first-order valence-corrected chi connectivity index (χ1v) is 28.4. The first-order chi connectivity index (χ1) is 30.6. The fourth-order valence-corrected chi connectivity index (χ4v) is 10.2. The maximum atomic E-state index is 5.83. The molecule has 4 unspecified atom stereocenters.